The van der Waals surface area contributed by atoms with Crippen LogP contribution in [-0.4, -0.2) is 39.3 Å². The molecule has 1 atom stereocenters. The maximum absolute atomic E-state index is 12.6. The van der Waals surface area contributed by atoms with Crippen molar-refractivity contribution in [3.63, 3.8) is 0 Å². The van der Waals surface area contributed by atoms with Gasteiger partial charge in [0.1, 0.15) is 5.75 Å². The summed E-state index contributed by atoms with van der Waals surface area (Å²) in [5.74, 6) is 0.608. The number of likely N-dealkylation sites (tertiary alicyclic amines) is 1. The van der Waals surface area contributed by atoms with Crippen molar-refractivity contribution in [3.05, 3.63) is 70.5 Å². The number of hydrogen-bond donors (Lipinski definition) is 1. The molecule has 1 saturated heterocycles. The zero-order chi connectivity index (χ0) is 23.2. The lowest BCUT2D eigenvalue weighted by atomic mass is 10.1. The van der Waals surface area contributed by atoms with Gasteiger partial charge in [0, 0.05) is 42.6 Å². The summed E-state index contributed by atoms with van der Waals surface area (Å²) in [5.41, 5.74) is 2.52. The average molecular weight is 465 g/mol. The fraction of sp³-hybridized carbons (Fsp3) is 0.360. The first-order valence-corrected chi connectivity index (χ1v) is 12.0. The summed E-state index contributed by atoms with van der Waals surface area (Å²) in [6, 6.07) is 13.9. The molecule has 7 nitrogen and oxygen atoms in total. The summed E-state index contributed by atoms with van der Waals surface area (Å²) in [6.07, 6.45) is 3.98. The number of thiazole rings is 1. The van der Waals surface area contributed by atoms with Crippen LogP contribution in [-0.2, 0) is 29.0 Å². The Morgan fingerprint density at radius 3 is 2.73 bits per heavy atom. The number of aromatic nitrogens is 2. The van der Waals surface area contributed by atoms with Crippen LogP contribution in [0.1, 0.15) is 41.6 Å². The first kappa shape index (κ1) is 22.9. The molecular weight excluding hydrogens is 436 g/mol. The van der Waals surface area contributed by atoms with Crippen molar-refractivity contribution in [2.75, 3.05) is 11.9 Å². The molecule has 8 heteroatoms. The molecule has 172 valence electrons. The van der Waals surface area contributed by atoms with Crippen molar-refractivity contribution < 1.29 is 14.3 Å². The fourth-order valence-electron chi connectivity index (χ4n) is 3.89. The van der Waals surface area contributed by atoms with E-state index in [1.54, 1.807) is 6.20 Å². The molecule has 1 fully saturated rings. The van der Waals surface area contributed by atoms with Crippen molar-refractivity contribution >= 4 is 28.3 Å². The van der Waals surface area contributed by atoms with E-state index in [0.717, 1.165) is 30.0 Å². The SMILES string of the molecule is Cc1cnc(NC(=O)Cc2cc(O[C@@H](C)Cc3ccccc3)cc(CN3CCCC3=O)n2)s1. The Morgan fingerprint density at radius 1 is 1.24 bits per heavy atom. The Labute approximate surface area is 197 Å². The smallest absolute Gasteiger partial charge is 0.232 e. The minimum absolute atomic E-state index is 0.0592. The molecule has 1 aliphatic heterocycles. The lowest BCUT2D eigenvalue weighted by molar-refractivity contribution is -0.128. The van der Waals surface area contributed by atoms with E-state index in [2.05, 4.69) is 27.4 Å². The molecule has 0 unspecified atom stereocenters. The van der Waals surface area contributed by atoms with Crippen LogP contribution in [0.15, 0.2) is 48.7 Å². The highest BCUT2D eigenvalue weighted by Crippen LogP contribution is 2.22. The number of pyridine rings is 1. The summed E-state index contributed by atoms with van der Waals surface area (Å²) >= 11 is 1.43. The van der Waals surface area contributed by atoms with Gasteiger partial charge in [0.25, 0.3) is 0 Å². The summed E-state index contributed by atoms with van der Waals surface area (Å²) in [5, 5.41) is 3.40. The van der Waals surface area contributed by atoms with E-state index in [1.807, 2.05) is 49.1 Å². The highest BCUT2D eigenvalue weighted by atomic mass is 32.1. The standard InChI is InChI=1S/C25H28N4O3S/c1-17(11-19-7-4-3-5-8-19)32-22-12-20(14-23(30)28-25-26-15-18(2)33-25)27-21(13-22)16-29-10-6-9-24(29)31/h3-5,7-8,12-13,15,17H,6,9-11,14,16H2,1-2H3,(H,26,28,30)/t17-/m0/s1. The molecule has 3 heterocycles. The molecule has 1 aromatic carbocycles. The number of anilines is 1. The predicted octanol–water partition coefficient (Wildman–Crippen LogP) is 4.16. The summed E-state index contributed by atoms with van der Waals surface area (Å²) < 4.78 is 6.21. The number of carbonyl (C=O) groups is 2. The van der Waals surface area contributed by atoms with Gasteiger partial charge in [-0.15, -0.1) is 11.3 Å². The van der Waals surface area contributed by atoms with Crippen LogP contribution in [0.25, 0.3) is 0 Å². The van der Waals surface area contributed by atoms with E-state index in [0.29, 0.717) is 29.5 Å². The van der Waals surface area contributed by atoms with Crippen molar-refractivity contribution in [1.29, 1.82) is 0 Å². The number of carbonyl (C=O) groups excluding carboxylic acids is 2. The number of nitrogens with one attached hydrogen (secondary N) is 1. The van der Waals surface area contributed by atoms with Gasteiger partial charge in [0.05, 0.1) is 30.5 Å². The second kappa shape index (κ2) is 10.6. The average Bonchev–Trinajstić information content (AvgIpc) is 3.36. The summed E-state index contributed by atoms with van der Waals surface area (Å²) in [6.45, 7) is 5.12. The largest absolute Gasteiger partial charge is 0.490 e. The Morgan fingerprint density at radius 2 is 2.03 bits per heavy atom. The second-order valence-electron chi connectivity index (χ2n) is 8.32. The number of benzene rings is 1. The molecule has 0 spiro atoms. The molecule has 0 bridgehead atoms. The number of aryl methyl sites for hydroxylation is 1. The van der Waals surface area contributed by atoms with E-state index in [1.165, 1.54) is 16.9 Å². The Hall–Kier alpha value is -3.26. The summed E-state index contributed by atoms with van der Waals surface area (Å²) in [4.78, 5) is 36.4. The topological polar surface area (TPSA) is 84.4 Å². The minimum Gasteiger partial charge on any atom is -0.490 e. The number of nitrogens with zero attached hydrogens (tertiary/aromatic N) is 3. The Balaban J connectivity index is 1.49. The quantitative estimate of drug-likeness (QED) is 0.514. The van der Waals surface area contributed by atoms with Crippen molar-refractivity contribution in [3.8, 4) is 5.75 Å². The molecule has 3 aromatic rings. The van der Waals surface area contributed by atoms with Gasteiger partial charge >= 0.3 is 0 Å². The van der Waals surface area contributed by atoms with Crippen LogP contribution in [0.2, 0.25) is 0 Å². The van der Waals surface area contributed by atoms with E-state index in [-0.39, 0.29) is 24.3 Å². The molecule has 4 rings (SSSR count). The molecule has 0 saturated carbocycles. The van der Waals surface area contributed by atoms with E-state index in [4.69, 9.17) is 4.74 Å². The van der Waals surface area contributed by atoms with Gasteiger partial charge in [-0.2, -0.15) is 0 Å². The number of ether oxygens (including phenoxy) is 1. The van der Waals surface area contributed by atoms with E-state index < -0.39 is 0 Å². The van der Waals surface area contributed by atoms with Gasteiger partial charge in [-0.1, -0.05) is 30.3 Å². The van der Waals surface area contributed by atoms with Crippen LogP contribution in [0, 0.1) is 6.92 Å². The highest BCUT2D eigenvalue weighted by molar-refractivity contribution is 7.15. The van der Waals surface area contributed by atoms with E-state index in [9.17, 15) is 9.59 Å². The molecule has 1 aliphatic rings. The normalized spacial score (nSPS) is 14.4. The molecular formula is C25H28N4O3S. The lowest BCUT2D eigenvalue weighted by Gasteiger charge is -2.19. The van der Waals surface area contributed by atoms with Crippen LogP contribution in [0.4, 0.5) is 5.13 Å². The maximum atomic E-state index is 12.6. The molecule has 2 amide bonds. The molecule has 1 N–H and O–H groups in total. The van der Waals surface area contributed by atoms with Crippen molar-refractivity contribution in [2.24, 2.45) is 0 Å². The zero-order valence-electron chi connectivity index (χ0n) is 18.9. The lowest BCUT2D eigenvalue weighted by Crippen LogP contribution is -2.25. The first-order valence-electron chi connectivity index (χ1n) is 11.1. The van der Waals surface area contributed by atoms with Gasteiger partial charge in [-0.05, 0) is 25.8 Å². The second-order valence-corrected chi connectivity index (χ2v) is 9.56. The zero-order valence-corrected chi connectivity index (χ0v) is 19.7. The highest BCUT2D eigenvalue weighted by Gasteiger charge is 2.21. The van der Waals surface area contributed by atoms with Crippen molar-refractivity contribution in [2.45, 2.75) is 52.2 Å². The Kier molecular flexibility index (Phi) is 7.34. The molecule has 0 radical (unpaired) electrons. The van der Waals surface area contributed by atoms with Crippen LogP contribution in [0.5, 0.6) is 5.75 Å². The van der Waals surface area contributed by atoms with Gasteiger partial charge in [0.2, 0.25) is 11.8 Å². The van der Waals surface area contributed by atoms with Crippen molar-refractivity contribution in [1.82, 2.24) is 14.9 Å². The summed E-state index contributed by atoms with van der Waals surface area (Å²) in [7, 11) is 0. The monoisotopic (exact) mass is 464 g/mol. The third-order valence-electron chi connectivity index (χ3n) is 5.34. The fourth-order valence-corrected chi connectivity index (χ4v) is 4.57. The van der Waals surface area contributed by atoms with Crippen LogP contribution in [0.3, 0.4) is 0 Å². The van der Waals surface area contributed by atoms with Gasteiger partial charge in [-0.3, -0.25) is 14.6 Å². The van der Waals surface area contributed by atoms with Crippen LogP contribution < -0.4 is 10.1 Å². The number of hydrogen-bond acceptors (Lipinski definition) is 6. The number of rotatable bonds is 9. The third kappa shape index (κ3) is 6.61. The van der Waals surface area contributed by atoms with Crippen LogP contribution >= 0.6 is 11.3 Å². The molecule has 0 aliphatic carbocycles. The number of amides is 2. The maximum Gasteiger partial charge on any atom is 0.232 e. The van der Waals surface area contributed by atoms with Gasteiger partial charge < -0.3 is 15.0 Å². The molecule has 33 heavy (non-hydrogen) atoms. The minimum atomic E-state index is -0.186. The van der Waals surface area contributed by atoms with Gasteiger partial charge in [-0.25, -0.2) is 4.98 Å². The van der Waals surface area contributed by atoms with E-state index >= 15 is 0 Å². The first-order chi connectivity index (χ1) is 15.9. The Bertz CT molecular complexity index is 1120. The predicted molar refractivity (Wildman–Crippen MR) is 128 cm³/mol. The van der Waals surface area contributed by atoms with Gasteiger partial charge in [0.15, 0.2) is 5.13 Å². The third-order valence-corrected chi connectivity index (χ3v) is 6.17. The molecule has 2 aromatic heterocycles.